The van der Waals surface area contributed by atoms with Crippen molar-refractivity contribution in [1.82, 2.24) is 4.98 Å². The molecule has 1 heterocycles. The Bertz CT molecular complexity index is 640. The van der Waals surface area contributed by atoms with Gasteiger partial charge in [0.2, 0.25) is 0 Å². The van der Waals surface area contributed by atoms with Gasteiger partial charge in [-0.25, -0.2) is 4.98 Å². The van der Waals surface area contributed by atoms with Crippen LogP contribution in [-0.2, 0) is 0 Å². The van der Waals surface area contributed by atoms with Crippen molar-refractivity contribution >= 4 is 17.3 Å². The number of nitrogens with one attached hydrogen (secondary N) is 2. The van der Waals surface area contributed by atoms with Gasteiger partial charge in [-0.15, -0.1) is 0 Å². The van der Waals surface area contributed by atoms with Gasteiger partial charge in [0.25, 0.3) is 5.91 Å². The van der Waals surface area contributed by atoms with Gasteiger partial charge in [0.05, 0.1) is 11.9 Å². The van der Waals surface area contributed by atoms with Gasteiger partial charge < -0.3 is 10.6 Å². The van der Waals surface area contributed by atoms with E-state index in [-0.39, 0.29) is 5.91 Å². The molecule has 0 unspecified atom stereocenters. The Morgan fingerprint density at radius 2 is 1.81 bits per heavy atom. The molecule has 21 heavy (non-hydrogen) atoms. The van der Waals surface area contributed by atoms with Crippen LogP contribution in [0.1, 0.15) is 34.5 Å². The number of benzene rings is 1. The molecule has 1 aromatic heterocycles. The molecule has 1 aliphatic carbocycles. The fourth-order valence-corrected chi connectivity index (χ4v) is 2.32. The zero-order valence-corrected chi connectivity index (χ0v) is 12.3. The predicted molar refractivity (Wildman–Crippen MR) is 84.8 cm³/mol. The van der Waals surface area contributed by atoms with Crippen LogP contribution in [0.3, 0.4) is 0 Å². The zero-order valence-electron chi connectivity index (χ0n) is 12.3. The average molecular weight is 281 g/mol. The van der Waals surface area contributed by atoms with Gasteiger partial charge in [0.15, 0.2) is 0 Å². The number of amides is 1. The van der Waals surface area contributed by atoms with Gasteiger partial charge in [-0.3, -0.25) is 4.79 Å². The summed E-state index contributed by atoms with van der Waals surface area (Å²) in [6, 6.07) is 10.2. The highest BCUT2D eigenvalue weighted by atomic mass is 16.1. The maximum Gasteiger partial charge on any atom is 0.274 e. The molecule has 1 fully saturated rings. The van der Waals surface area contributed by atoms with E-state index in [2.05, 4.69) is 21.7 Å². The summed E-state index contributed by atoms with van der Waals surface area (Å²) in [7, 11) is 0. The lowest BCUT2D eigenvalue weighted by atomic mass is 10.1. The number of anilines is 2. The molecule has 0 radical (unpaired) electrons. The lowest BCUT2D eigenvalue weighted by Crippen LogP contribution is -2.14. The van der Waals surface area contributed by atoms with E-state index in [1.54, 1.807) is 12.3 Å². The molecular formula is C17H19N3O. The van der Waals surface area contributed by atoms with Crippen LogP contribution >= 0.6 is 0 Å². The highest BCUT2D eigenvalue weighted by molar-refractivity contribution is 6.03. The summed E-state index contributed by atoms with van der Waals surface area (Å²) in [6.07, 6.45) is 4.15. The standard InChI is InChI=1S/C17H19N3O/c1-11-7-12(2)9-15(8-11)20-17(21)16-6-5-14(10-18-16)19-13-3-4-13/h5-10,13,19H,3-4H2,1-2H3,(H,20,21). The lowest BCUT2D eigenvalue weighted by molar-refractivity contribution is 0.102. The van der Waals surface area contributed by atoms with Gasteiger partial charge >= 0.3 is 0 Å². The van der Waals surface area contributed by atoms with Crippen molar-refractivity contribution in [1.29, 1.82) is 0 Å². The summed E-state index contributed by atoms with van der Waals surface area (Å²) in [6.45, 7) is 4.03. The third kappa shape index (κ3) is 3.60. The Balaban J connectivity index is 1.69. The van der Waals surface area contributed by atoms with E-state index < -0.39 is 0 Å². The minimum absolute atomic E-state index is 0.182. The highest BCUT2D eigenvalue weighted by Crippen LogP contribution is 2.24. The first kappa shape index (κ1) is 13.6. The SMILES string of the molecule is Cc1cc(C)cc(NC(=O)c2ccc(NC3CC3)cn2)c1. The molecule has 0 atom stereocenters. The Kier molecular flexibility index (Phi) is 3.60. The number of aryl methyl sites for hydroxylation is 2. The van der Waals surface area contributed by atoms with E-state index in [1.165, 1.54) is 12.8 Å². The monoisotopic (exact) mass is 281 g/mol. The van der Waals surface area contributed by atoms with Crippen LogP contribution in [-0.4, -0.2) is 16.9 Å². The number of pyridine rings is 1. The number of hydrogen-bond acceptors (Lipinski definition) is 3. The molecule has 1 aromatic carbocycles. The summed E-state index contributed by atoms with van der Waals surface area (Å²) >= 11 is 0. The minimum atomic E-state index is -0.182. The molecule has 0 spiro atoms. The van der Waals surface area contributed by atoms with E-state index in [0.717, 1.165) is 22.5 Å². The van der Waals surface area contributed by atoms with Crippen LogP contribution in [0.25, 0.3) is 0 Å². The van der Waals surface area contributed by atoms with Crippen LogP contribution in [0.5, 0.6) is 0 Å². The molecule has 2 aromatic rings. The average Bonchev–Trinajstić information content (AvgIpc) is 3.22. The molecule has 4 heteroatoms. The first-order valence-corrected chi connectivity index (χ1v) is 7.22. The normalized spacial score (nSPS) is 13.8. The number of carbonyl (C=O) groups is 1. The van der Waals surface area contributed by atoms with E-state index in [9.17, 15) is 4.79 Å². The van der Waals surface area contributed by atoms with Crippen molar-refractivity contribution in [2.45, 2.75) is 32.7 Å². The van der Waals surface area contributed by atoms with E-state index >= 15 is 0 Å². The molecule has 1 amide bonds. The maximum atomic E-state index is 12.2. The largest absolute Gasteiger partial charge is 0.381 e. The van der Waals surface area contributed by atoms with E-state index in [0.29, 0.717) is 11.7 Å². The second kappa shape index (κ2) is 5.56. The van der Waals surface area contributed by atoms with Crippen molar-refractivity contribution in [3.63, 3.8) is 0 Å². The first-order chi connectivity index (χ1) is 10.1. The number of rotatable bonds is 4. The predicted octanol–water partition coefficient (Wildman–Crippen LogP) is 3.53. The third-order valence-electron chi connectivity index (χ3n) is 3.42. The number of hydrogen-bond donors (Lipinski definition) is 2. The smallest absolute Gasteiger partial charge is 0.274 e. The number of aromatic nitrogens is 1. The summed E-state index contributed by atoms with van der Waals surface area (Å²) in [4.78, 5) is 16.4. The number of carbonyl (C=O) groups excluding carboxylic acids is 1. The molecule has 108 valence electrons. The van der Waals surface area contributed by atoms with Crippen LogP contribution in [0.15, 0.2) is 36.5 Å². The Morgan fingerprint density at radius 3 is 2.38 bits per heavy atom. The van der Waals surface area contributed by atoms with Crippen LogP contribution in [0.2, 0.25) is 0 Å². The second-order valence-electron chi connectivity index (χ2n) is 5.68. The quantitative estimate of drug-likeness (QED) is 0.901. The van der Waals surface area contributed by atoms with Crippen molar-refractivity contribution in [3.05, 3.63) is 53.3 Å². The summed E-state index contributed by atoms with van der Waals surface area (Å²) in [5, 5.41) is 6.24. The molecular weight excluding hydrogens is 262 g/mol. The first-order valence-electron chi connectivity index (χ1n) is 7.22. The fourth-order valence-electron chi connectivity index (χ4n) is 2.32. The topological polar surface area (TPSA) is 54.0 Å². The summed E-state index contributed by atoms with van der Waals surface area (Å²) < 4.78 is 0. The summed E-state index contributed by atoms with van der Waals surface area (Å²) in [5.41, 5.74) is 4.46. The van der Waals surface area contributed by atoms with E-state index in [1.807, 2.05) is 32.0 Å². The number of nitrogens with zero attached hydrogens (tertiary/aromatic N) is 1. The van der Waals surface area contributed by atoms with Gasteiger partial charge in [-0.1, -0.05) is 6.07 Å². The van der Waals surface area contributed by atoms with Gasteiger partial charge in [0.1, 0.15) is 5.69 Å². The second-order valence-corrected chi connectivity index (χ2v) is 5.68. The molecule has 1 aliphatic rings. The molecule has 0 bridgehead atoms. The zero-order chi connectivity index (χ0) is 14.8. The Labute approximate surface area is 124 Å². The van der Waals surface area contributed by atoms with Crippen molar-refractivity contribution in [2.75, 3.05) is 10.6 Å². The maximum absolute atomic E-state index is 12.2. The van der Waals surface area contributed by atoms with Crippen LogP contribution < -0.4 is 10.6 Å². The van der Waals surface area contributed by atoms with Crippen molar-refractivity contribution in [2.24, 2.45) is 0 Å². The van der Waals surface area contributed by atoms with Crippen molar-refractivity contribution < 1.29 is 4.79 Å². The molecule has 0 aliphatic heterocycles. The molecule has 0 saturated heterocycles. The fraction of sp³-hybridized carbons (Fsp3) is 0.294. The minimum Gasteiger partial charge on any atom is -0.381 e. The van der Waals surface area contributed by atoms with Crippen LogP contribution in [0, 0.1) is 13.8 Å². The molecule has 3 rings (SSSR count). The molecule has 2 N–H and O–H groups in total. The summed E-state index contributed by atoms with van der Waals surface area (Å²) in [5.74, 6) is -0.182. The highest BCUT2D eigenvalue weighted by Gasteiger charge is 2.20. The molecule has 1 saturated carbocycles. The Hall–Kier alpha value is -2.36. The van der Waals surface area contributed by atoms with Gasteiger partial charge in [-0.2, -0.15) is 0 Å². The lowest BCUT2D eigenvalue weighted by Gasteiger charge is -2.08. The molecule has 4 nitrogen and oxygen atoms in total. The van der Waals surface area contributed by atoms with Crippen molar-refractivity contribution in [3.8, 4) is 0 Å². The van der Waals surface area contributed by atoms with E-state index in [4.69, 9.17) is 0 Å². The van der Waals surface area contributed by atoms with Gasteiger partial charge in [0, 0.05) is 11.7 Å². The third-order valence-corrected chi connectivity index (χ3v) is 3.42. The van der Waals surface area contributed by atoms with Gasteiger partial charge in [-0.05, 0) is 62.1 Å². The Morgan fingerprint density at radius 1 is 1.10 bits per heavy atom. The van der Waals surface area contributed by atoms with Crippen LogP contribution in [0.4, 0.5) is 11.4 Å².